The van der Waals surface area contributed by atoms with Crippen molar-refractivity contribution in [2.75, 3.05) is 18.5 Å². The molecule has 1 aliphatic rings. The highest BCUT2D eigenvalue weighted by molar-refractivity contribution is 7.12. The molecule has 0 saturated carbocycles. The Bertz CT molecular complexity index is 902. The SMILES string of the molecule is Cc1ccc(Cl)c(NC(=O)COC(=O)C2CCCN2C(=O)c2cccs2)c1Cl. The van der Waals surface area contributed by atoms with E-state index in [4.69, 9.17) is 27.9 Å². The Morgan fingerprint density at radius 1 is 1.29 bits per heavy atom. The molecule has 2 aromatic rings. The Morgan fingerprint density at radius 2 is 2.07 bits per heavy atom. The molecule has 1 unspecified atom stereocenters. The third-order valence-electron chi connectivity index (χ3n) is 4.41. The molecule has 1 saturated heterocycles. The monoisotopic (exact) mass is 440 g/mol. The summed E-state index contributed by atoms with van der Waals surface area (Å²) < 4.78 is 5.14. The number of nitrogens with zero attached hydrogens (tertiary/aromatic N) is 1. The van der Waals surface area contributed by atoms with E-state index in [1.807, 2.05) is 5.38 Å². The van der Waals surface area contributed by atoms with Gasteiger partial charge in [-0.15, -0.1) is 11.3 Å². The van der Waals surface area contributed by atoms with Gasteiger partial charge in [0.1, 0.15) is 6.04 Å². The van der Waals surface area contributed by atoms with Crippen LogP contribution in [0.25, 0.3) is 0 Å². The minimum absolute atomic E-state index is 0.197. The minimum atomic E-state index is -0.687. The third kappa shape index (κ3) is 4.48. The van der Waals surface area contributed by atoms with Crippen LogP contribution < -0.4 is 5.32 Å². The van der Waals surface area contributed by atoms with Crippen molar-refractivity contribution in [1.82, 2.24) is 4.90 Å². The molecule has 148 valence electrons. The van der Waals surface area contributed by atoms with Crippen LogP contribution in [0.1, 0.15) is 28.1 Å². The highest BCUT2D eigenvalue weighted by Gasteiger charge is 2.36. The molecule has 0 radical (unpaired) electrons. The molecule has 0 spiro atoms. The molecule has 9 heteroatoms. The molecule has 3 rings (SSSR count). The molecule has 2 amide bonds. The fraction of sp³-hybridized carbons (Fsp3) is 0.316. The van der Waals surface area contributed by atoms with Gasteiger partial charge < -0.3 is 15.0 Å². The van der Waals surface area contributed by atoms with Gasteiger partial charge in [0, 0.05) is 6.54 Å². The van der Waals surface area contributed by atoms with E-state index in [0.717, 1.165) is 5.56 Å². The summed E-state index contributed by atoms with van der Waals surface area (Å²) in [5.41, 5.74) is 1.03. The van der Waals surface area contributed by atoms with E-state index in [2.05, 4.69) is 5.32 Å². The number of aryl methyl sites for hydroxylation is 1. The number of nitrogens with one attached hydrogen (secondary N) is 1. The van der Waals surface area contributed by atoms with Crippen molar-refractivity contribution in [3.63, 3.8) is 0 Å². The predicted molar refractivity (Wildman–Crippen MR) is 109 cm³/mol. The first-order valence-corrected chi connectivity index (χ1v) is 10.3. The molecule has 1 aliphatic heterocycles. The normalized spacial score (nSPS) is 16.1. The number of halogens is 2. The molecule has 0 aliphatic carbocycles. The zero-order valence-corrected chi connectivity index (χ0v) is 17.4. The van der Waals surface area contributed by atoms with Crippen LogP contribution in [0.2, 0.25) is 10.0 Å². The second-order valence-electron chi connectivity index (χ2n) is 6.34. The van der Waals surface area contributed by atoms with E-state index >= 15 is 0 Å². The van der Waals surface area contributed by atoms with Crippen LogP contribution in [0.4, 0.5) is 5.69 Å². The lowest BCUT2D eigenvalue weighted by atomic mass is 10.2. The molecule has 1 aromatic carbocycles. The van der Waals surface area contributed by atoms with Crippen LogP contribution >= 0.6 is 34.5 Å². The van der Waals surface area contributed by atoms with Crippen molar-refractivity contribution in [3.05, 3.63) is 50.1 Å². The minimum Gasteiger partial charge on any atom is -0.454 e. The highest BCUT2D eigenvalue weighted by atomic mass is 35.5. The molecular weight excluding hydrogens is 423 g/mol. The van der Waals surface area contributed by atoms with Gasteiger partial charge in [-0.25, -0.2) is 4.79 Å². The van der Waals surface area contributed by atoms with Gasteiger partial charge in [-0.3, -0.25) is 9.59 Å². The van der Waals surface area contributed by atoms with Crippen LogP contribution in [-0.2, 0) is 14.3 Å². The average molecular weight is 441 g/mol. The molecule has 28 heavy (non-hydrogen) atoms. The maximum absolute atomic E-state index is 12.5. The number of anilines is 1. The first-order valence-electron chi connectivity index (χ1n) is 8.64. The second-order valence-corrected chi connectivity index (χ2v) is 8.08. The number of amides is 2. The summed E-state index contributed by atoms with van der Waals surface area (Å²) in [7, 11) is 0. The molecule has 2 heterocycles. The number of ether oxygens (including phenoxy) is 1. The summed E-state index contributed by atoms with van der Waals surface area (Å²) in [5, 5.41) is 4.99. The molecule has 6 nitrogen and oxygen atoms in total. The van der Waals surface area contributed by atoms with E-state index < -0.39 is 24.5 Å². The summed E-state index contributed by atoms with van der Waals surface area (Å²) in [6.45, 7) is 1.78. The van der Waals surface area contributed by atoms with Crippen molar-refractivity contribution < 1.29 is 19.1 Å². The largest absolute Gasteiger partial charge is 0.454 e. The fourth-order valence-corrected chi connectivity index (χ4v) is 4.12. The quantitative estimate of drug-likeness (QED) is 0.708. The van der Waals surface area contributed by atoms with E-state index in [1.54, 1.807) is 31.2 Å². The number of thiophene rings is 1. The fourth-order valence-electron chi connectivity index (χ4n) is 2.98. The molecule has 1 N–H and O–H groups in total. The third-order valence-corrected chi connectivity index (χ3v) is 6.07. The molecule has 1 fully saturated rings. The summed E-state index contributed by atoms with van der Waals surface area (Å²) >= 11 is 13.5. The van der Waals surface area contributed by atoms with Crippen molar-refractivity contribution in [3.8, 4) is 0 Å². The van der Waals surface area contributed by atoms with Gasteiger partial charge in [0.15, 0.2) is 6.61 Å². The van der Waals surface area contributed by atoms with Gasteiger partial charge in [0.25, 0.3) is 11.8 Å². The zero-order chi connectivity index (χ0) is 20.3. The predicted octanol–water partition coefficient (Wildman–Crippen LogP) is 4.15. The lowest BCUT2D eigenvalue weighted by Gasteiger charge is -2.22. The zero-order valence-electron chi connectivity index (χ0n) is 15.0. The Kier molecular flexibility index (Phi) is 6.59. The van der Waals surface area contributed by atoms with Crippen LogP contribution in [-0.4, -0.2) is 41.9 Å². The molecular formula is C19H18Cl2N2O4S. The number of hydrogen-bond acceptors (Lipinski definition) is 5. The Hall–Kier alpha value is -2.09. The summed E-state index contributed by atoms with van der Waals surface area (Å²) in [4.78, 5) is 39.2. The Labute approximate surface area is 176 Å². The van der Waals surface area contributed by atoms with Crippen molar-refractivity contribution >= 4 is 58.0 Å². The maximum atomic E-state index is 12.5. The molecule has 1 aromatic heterocycles. The van der Waals surface area contributed by atoms with E-state index in [9.17, 15) is 14.4 Å². The smallest absolute Gasteiger partial charge is 0.329 e. The van der Waals surface area contributed by atoms with E-state index in [1.165, 1.54) is 16.2 Å². The Morgan fingerprint density at radius 3 is 2.79 bits per heavy atom. The highest BCUT2D eigenvalue weighted by Crippen LogP contribution is 2.32. The lowest BCUT2D eigenvalue weighted by molar-refractivity contribution is -0.151. The standard InChI is InChI=1S/C19H18Cl2N2O4S/c1-11-6-7-12(20)17(16(11)21)22-15(24)10-27-19(26)13-4-2-8-23(13)18(25)14-5-3-9-28-14/h3,5-7,9,13H,2,4,8,10H2,1H3,(H,22,24). The molecule has 1 atom stereocenters. The number of hydrogen-bond donors (Lipinski definition) is 1. The number of carbonyl (C=O) groups excluding carboxylic acids is 3. The van der Waals surface area contributed by atoms with Gasteiger partial charge in [0.05, 0.1) is 20.6 Å². The lowest BCUT2D eigenvalue weighted by Crippen LogP contribution is -2.41. The maximum Gasteiger partial charge on any atom is 0.329 e. The molecule has 0 bridgehead atoms. The topological polar surface area (TPSA) is 75.7 Å². The van der Waals surface area contributed by atoms with E-state index in [0.29, 0.717) is 34.3 Å². The van der Waals surface area contributed by atoms with Gasteiger partial charge in [-0.05, 0) is 42.8 Å². The van der Waals surface area contributed by atoms with Crippen LogP contribution in [0, 0.1) is 6.92 Å². The van der Waals surface area contributed by atoms with E-state index in [-0.39, 0.29) is 11.6 Å². The number of likely N-dealkylation sites (tertiary alicyclic amines) is 1. The van der Waals surface area contributed by atoms with Gasteiger partial charge >= 0.3 is 5.97 Å². The van der Waals surface area contributed by atoms with Crippen molar-refractivity contribution in [2.45, 2.75) is 25.8 Å². The Balaban J connectivity index is 1.58. The number of esters is 1. The first-order chi connectivity index (χ1) is 13.4. The van der Waals surface area contributed by atoms with Gasteiger partial charge in [-0.2, -0.15) is 0 Å². The first kappa shape index (κ1) is 20.6. The average Bonchev–Trinajstić information content (AvgIpc) is 3.37. The number of carbonyl (C=O) groups is 3. The summed E-state index contributed by atoms with van der Waals surface area (Å²) in [6.07, 6.45) is 1.21. The summed E-state index contributed by atoms with van der Waals surface area (Å²) in [6, 6.07) is 6.17. The van der Waals surface area contributed by atoms with Crippen LogP contribution in [0.5, 0.6) is 0 Å². The van der Waals surface area contributed by atoms with Crippen molar-refractivity contribution in [1.29, 1.82) is 0 Å². The number of benzene rings is 1. The van der Waals surface area contributed by atoms with Gasteiger partial charge in [-0.1, -0.05) is 35.3 Å². The summed E-state index contributed by atoms with van der Waals surface area (Å²) in [5.74, 6) is -1.35. The van der Waals surface area contributed by atoms with Crippen LogP contribution in [0.15, 0.2) is 29.6 Å². The second kappa shape index (κ2) is 8.94. The van der Waals surface area contributed by atoms with Crippen molar-refractivity contribution in [2.24, 2.45) is 0 Å². The number of rotatable bonds is 5. The van der Waals surface area contributed by atoms with Gasteiger partial charge in [0.2, 0.25) is 0 Å². The van der Waals surface area contributed by atoms with Crippen LogP contribution in [0.3, 0.4) is 0 Å².